The summed E-state index contributed by atoms with van der Waals surface area (Å²) in [7, 11) is 0. The topological polar surface area (TPSA) is 101 Å². The second-order valence-corrected chi connectivity index (χ2v) is 3.96. The van der Waals surface area contributed by atoms with Crippen LogP contribution in [-0.2, 0) is 9.53 Å². The van der Waals surface area contributed by atoms with Crippen molar-refractivity contribution in [3.8, 4) is 0 Å². The molecular weight excluding hydrogens is 264 g/mol. The summed E-state index contributed by atoms with van der Waals surface area (Å²) in [6.45, 7) is 3.33. The van der Waals surface area contributed by atoms with Gasteiger partial charge in [-0.25, -0.2) is 14.4 Å². The fourth-order valence-electron chi connectivity index (χ4n) is 1.45. The number of carboxylic acids is 1. The van der Waals surface area contributed by atoms with Crippen molar-refractivity contribution >= 4 is 17.9 Å². The highest BCUT2D eigenvalue weighted by Gasteiger charge is 2.20. The maximum Gasteiger partial charge on any atom is 0.346 e. The van der Waals surface area contributed by atoms with Gasteiger partial charge in [0.05, 0.1) is 11.1 Å². The van der Waals surface area contributed by atoms with E-state index in [0.29, 0.717) is 6.42 Å². The van der Waals surface area contributed by atoms with Gasteiger partial charge in [0.15, 0.2) is 0 Å². The summed E-state index contributed by atoms with van der Waals surface area (Å²) in [6.07, 6.45) is 0.525. The number of carbonyl (C=O) groups is 3. The average molecular weight is 278 g/mol. The number of aliphatic hydroxyl groups is 1. The number of carbonyl (C=O) groups excluding carboxylic acids is 2. The molecule has 0 aromatic heterocycles. The van der Waals surface area contributed by atoms with Crippen molar-refractivity contribution < 1.29 is 29.3 Å². The van der Waals surface area contributed by atoms with E-state index < -0.39 is 17.9 Å². The quantitative estimate of drug-likeness (QED) is 0.463. The molecule has 0 aliphatic heterocycles. The fraction of sp³-hybridized carbons (Fsp3) is 0.214. The maximum absolute atomic E-state index is 11.8. The van der Waals surface area contributed by atoms with Crippen LogP contribution in [0, 0.1) is 0 Å². The van der Waals surface area contributed by atoms with Crippen LogP contribution in [0.15, 0.2) is 36.4 Å². The van der Waals surface area contributed by atoms with Crippen molar-refractivity contribution in [3.05, 3.63) is 47.5 Å². The average Bonchev–Trinajstić information content (AvgIpc) is 2.44. The molecule has 0 aliphatic carbocycles. The Bertz CT molecular complexity index is 546. The standard InChI is InChI=1S/C14H14O6/c1-9(5-4-8-15)13(18)20-14(19)11-7-3-2-6-10(11)12(16)17/h2-3,6-7,15H,1,4-5,8H2,(H,16,17). The molecule has 0 amide bonds. The van der Waals surface area contributed by atoms with Crippen molar-refractivity contribution in [2.75, 3.05) is 6.61 Å². The molecule has 0 radical (unpaired) electrons. The van der Waals surface area contributed by atoms with Gasteiger partial charge in [-0.3, -0.25) is 0 Å². The molecule has 6 nitrogen and oxygen atoms in total. The monoisotopic (exact) mass is 278 g/mol. The Morgan fingerprint density at radius 2 is 1.75 bits per heavy atom. The smallest absolute Gasteiger partial charge is 0.346 e. The number of carboxylic acid groups (broad SMARTS) is 1. The predicted molar refractivity (Wildman–Crippen MR) is 69.3 cm³/mol. The highest BCUT2D eigenvalue weighted by atomic mass is 16.6. The predicted octanol–water partition coefficient (Wildman–Crippen LogP) is 1.40. The highest BCUT2D eigenvalue weighted by molar-refractivity contribution is 6.07. The number of ether oxygens (including phenoxy) is 1. The van der Waals surface area contributed by atoms with Crippen molar-refractivity contribution in [1.82, 2.24) is 0 Å². The third-order valence-corrected chi connectivity index (χ3v) is 2.49. The Hall–Kier alpha value is -2.47. The van der Waals surface area contributed by atoms with Crippen LogP contribution in [0.4, 0.5) is 0 Å². The summed E-state index contributed by atoms with van der Waals surface area (Å²) in [5.41, 5.74) is -0.408. The zero-order chi connectivity index (χ0) is 15.1. The molecule has 0 fully saturated rings. The van der Waals surface area contributed by atoms with E-state index in [9.17, 15) is 14.4 Å². The van der Waals surface area contributed by atoms with Crippen LogP contribution in [0.25, 0.3) is 0 Å². The lowest BCUT2D eigenvalue weighted by Gasteiger charge is -2.07. The number of rotatable bonds is 6. The molecule has 106 valence electrons. The van der Waals surface area contributed by atoms with E-state index in [1.54, 1.807) is 0 Å². The van der Waals surface area contributed by atoms with Gasteiger partial charge in [-0.2, -0.15) is 0 Å². The summed E-state index contributed by atoms with van der Waals surface area (Å²) >= 11 is 0. The van der Waals surface area contributed by atoms with E-state index in [4.69, 9.17) is 10.2 Å². The first-order valence-corrected chi connectivity index (χ1v) is 5.84. The molecule has 0 saturated carbocycles. The molecular formula is C14H14O6. The first kappa shape index (κ1) is 15.6. The van der Waals surface area contributed by atoms with E-state index in [0.717, 1.165) is 0 Å². The molecule has 20 heavy (non-hydrogen) atoms. The van der Waals surface area contributed by atoms with Crippen molar-refractivity contribution in [3.63, 3.8) is 0 Å². The lowest BCUT2D eigenvalue weighted by atomic mass is 10.1. The summed E-state index contributed by atoms with van der Waals surface area (Å²) in [5, 5.41) is 17.6. The van der Waals surface area contributed by atoms with Crippen molar-refractivity contribution in [1.29, 1.82) is 0 Å². The van der Waals surface area contributed by atoms with Crippen LogP contribution in [0.3, 0.4) is 0 Å². The van der Waals surface area contributed by atoms with Gasteiger partial charge in [-0.05, 0) is 25.0 Å². The molecule has 1 rings (SSSR count). The molecule has 0 bridgehead atoms. The van der Waals surface area contributed by atoms with E-state index in [1.807, 2.05) is 0 Å². The van der Waals surface area contributed by atoms with Crippen molar-refractivity contribution in [2.45, 2.75) is 12.8 Å². The molecule has 0 atom stereocenters. The Labute approximate surface area is 115 Å². The van der Waals surface area contributed by atoms with Crippen LogP contribution in [0.5, 0.6) is 0 Å². The van der Waals surface area contributed by atoms with Crippen LogP contribution in [0.1, 0.15) is 33.6 Å². The molecule has 0 aliphatic rings. The number of benzene rings is 1. The summed E-state index contributed by atoms with van der Waals surface area (Å²) in [5.74, 6) is -3.26. The minimum atomic E-state index is -1.29. The van der Waals surface area contributed by atoms with E-state index in [-0.39, 0.29) is 29.7 Å². The molecule has 0 heterocycles. The Morgan fingerprint density at radius 3 is 2.30 bits per heavy atom. The number of aliphatic hydroxyl groups excluding tert-OH is 1. The molecule has 0 spiro atoms. The number of esters is 2. The lowest BCUT2D eigenvalue weighted by Crippen LogP contribution is -2.17. The first-order valence-electron chi connectivity index (χ1n) is 5.84. The maximum atomic E-state index is 11.8. The Balaban J connectivity index is 2.79. The summed E-state index contributed by atoms with van der Waals surface area (Å²) in [6, 6.07) is 5.43. The number of hydrogen-bond acceptors (Lipinski definition) is 5. The minimum absolute atomic E-state index is 0.0419. The van der Waals surface area contributed by atoms with Crippen LogP contribution < -0.4 is 0 Å². The number of aromatic carboxylic acids is 1. The van der Waals surface area contributed by atoms with E-state index in [2.05, 4.69) is 11.3 Å². The molecule has 0 unspecified atom stereocenters. The summed E-state index contributed by atoms with van der Waals surface area (Å²) < 4.78 is 4.56. The highest BCUT2D eigenvalue weighted by Crippen LogP contribution is 2.12. The molecule has 6 heteroatoms. The third-order valence-electron chi connectivity index (χ3n) is 2.49. The second-order valence-electron chi connectivity index (χ2n) is 3.96. The zero-order valence-corrected chi connectivity index (χ0v) is 10.7. The Kier molecular flexibility index (Phi) is 5.61. The zero-order valence-electron chi connectivity index (χ0n) is 10.7. The Morgan fingerprint density at radius 1 is 1.15 bits per heavy atom. The minimum Gasteiger partial charge on any atom is -0.478 e. The molecule has 1 aromatic carbocycles. The van der Waals surface area contributed by atoms with Crippen LogP contribution in [-0.4, -0.2) is 34.7 Å². The number of hydrogen-bond donors (Lipinski definition) is 2. The largest absolute Gasteiger partial charge is 0.478 e. The van der Waals surface area contributed by atoms with Gasteiger partial charge in [0, 0.05) is 12.2 Å². The van der Waals surface area contributed by atoms with Gasteiger partial charge in [-0.15, -0.1) is 0 Å². The van der Waals surface area contributed by atoms with Gasteiger partial charge in [0.2, 0.25) is 0 Å². The first-order chi connectivity index (χ1) is 9.47. The molecule has 1 aromatic rings. The summed E-state index contributed by atoms with van der Waals surface area (Å²) in [4.78, 5) is 34.3. The van der Waals surface area contributed by atoms with Crippen LogP contribution in [0.2, 0.25) is 0 Å². The van der Waals surface area contributed by atoms with E-state index >= 15 is 0 Å². The SMILES string of the molecule is C=C(CCCO)C(=O)OC(=O)c1ccccc1C(=O)O. The van der Waals surface area contributed by atoms with Crippen molar-refractivity contribution in [2.24, 2.45) is 0 Å². The second kappa shape index (κ2) is 7.20. The third kappa shape index (κ3) is 4.03. The fourth-order valence-corrected chi connectivity index (χ4v) is 1.45. The molecule has 0 saturated heterocycles. The van der Waals surface area contributed by atoms with Gasteiger partial charge in [0.1, 0.15) is 0 Å². The lowest BCUT2D eigenvalue weighted by molar-refractivity contribution is -0.133. The van der Waals surface area contributed by atoms with Gasteiger partial charge in [0.25, 0.3) is 0 Å². The van der Waals surface area contributed by atoms with E-state index in [1.165, 1.54) is 24.3 Å². The van der Waals surface area contributed by atoms with Gasteiger partial charge < -0.3 is 14.9 Å². The molecule has 2 N–H and O–H groups in total. The normalized spacial score (nSPS) is 9.85. The van der Waals surface area contributed by atoms with Gasteiger partial charge in [-0.1, -0.05) is 18.7 Å². The van der Waals surface area contributed by atoms with Crippen LogP contribution >= 0.6 is 0 Å². The van der Waals surface area contributed by atoms with Gasteiger partial charge >= 0.3 is 17.9 Å².